The highest BCUT2D eigenvalue weighted by atomic mass is 16.3. The number of benzene rings is 1. The number of hydrogen-bond acceptors (Lipinski definition) is 4. The lowest BCUT2D eigenvalue weighted by molar-refractivity contribution is 0.243. The average Bonchev–Trinajstić information content (AvgIpc) is 2.85. The molecule has 7 heteroatoms. The van der Waals surface area contributed by atoms with Gasteiger partial charge in [0.15, 0.2) is 5.82 Å². The SMILES string of the molecule is Cc1c(C#N)c(NC(=O)NC(CCCO)c2ccccc2)nn1C. The molecule has 0 aliphatic heterocycles. The molecule has 0 saturated heterocycles. The van der Waals surface area contributed by atoms with E-state index >= 15 is 0 Å². The summed E-state index contributed by atoms with van der Waals surface area (Å²) in [5, 5.41) is 27.9. The molecule has 1 aromatic carbocycles. The summed E-state index contributed by atoms with van der Waals surface area (Å²) in [7, 11) is 1.72. The van der Waals surface area contributed by atoms with E-state index in [1.807, 2.05) is 30.3 Å². The summed E-state index contributed by atoms with van der Waals surface area (Å²) in [4.78, 5) is 12.3. The van der Waals surface area contributed by atoms with Gasteiger partial charge >= 0.3 is 6.03 Å². The van der Waals surface area contributed by atoms with Crippen molar-refractivity contribution >= 4 is 11.8 Å². The standard InChI is InChI=1S/C17H21N5O2/c1-12-14(11-18)16(21-22(12)2)20-17(24)19-15(9-6-10-23)13-7-4-3-5-8-13/h3-5,7-8,15,23H,6,9-10H2,1-2H3,(H2,19,20,21,24). The van der Waals surface area contributed by atoms with Crippen molar-refractivity contribution in [1.29, 1.82) is 5.26 Å². The molecule has 1 atom stereocenters. The number of anilines is 1. The summed E-state index contributed by atoms with van der Waals surface area (Å²) in [5.74, 6) is 0.240. The number of carbonyl (C=O) groups excluding carboxylic acids is 1. The van der Waals surface area contributed by atoms with Gasteiger partial charge in [-0.05, 0) is 25.3 Å². The zero-order chi connectivity index (χ0) is 17.5. The number of rotatable bonds is 6. The van der Waals surface area contributed by atoms with Crippen LogP contribution >= 0.6 is 0 Å². The highest BCUT2D eigenvalue weighted by molar-refractivity contribution is 5.90. The first kappa shape index (κ1) is 17.5. The minimum absolute atomic E-state index is 0.0602. The van der Waals surface area contributed by atoms with Gasteiger partial charge in [0.25, 0.3) is 0 Å². The molecule has 24 heavy (non-hydrogen) atoms. The van der Waals surface area contributed by atoms with Crippen LogP contribution in [0.3, 0.4) is 0 Å². The zero-order valence-electron chi connectivity index (χ0n) is 13.8. The Balaban J connectivity index is 2.11. The molecule has 0 spiro atoms. The van der Waals surface area contributed by atoms with Gasteiger partial charge in [-0.3, -0.25) is 10.00 Å². The van der Waals surface area contributed by atoms with Gasteiger partial charge in [0.2, 0.25) is 0 Å². The third-order valence-corrected chi connectivity index (χ3v) is 3.84. The van der Waals surface area contributed by atoms with Crippen molar-refractivity contribution < 1.29 is 9.90 Å². The van der Waals surface area contributed by atoms with E-state index in [0.29, 0.717) is 24.1 Å². The molecule has 126 valence electrons. The second-order valence-corrected chi connectivity index (χ2v) is 5.47. The molecular weight excluding hydrogens is 306 g/mol. The van der Waals surface area contributed by atoms with Crippen molar-refractivity contribution in [3.63, 3.8) is 0 Å². The molecule has 7 nitrogen and oxygen atoms in total. The predicted molar refractivity (Wildman–Crippen MR) is 90.3 cm³/mol. The summed E-state index contributed by atoms with van der Waals surface area (Å²) in [6.45, 7) is 1.83. The molecule has 0 bridgehead atoms. The first-order valence-electron chi connectivity index (χ1n) is 7.73. The molecule has 2 aromatic rings. The van der Waals surface area contributed by atoms with Crippen molar-refractivity contribution in [1.82, 2.24) is 15.1 Å². The number of aryl methyl sites for hydroxylation is 1. The van der Waals surface area contributed by atoms with Crippen molar-refractivity contribution in [2.75, 3.05) is 11.9 Å². The fraction of sp³-hybridized carbons (Fsp3) is 0.353. The molecule has 2 amide bonds. The van der Waals surface area contributed by atoms with E-state index in [0.717, 1.165) is 5.56 Å². The summed E-state index contributed by atoms with van der Waals surface area (Å²) in [6.07, 6.45) is 1.19. The first-order chi connectivity index (χ1) is 11.6. The van der Waals surface area contributed by atoms with Crippen LogP contribution < -0.4 is 10.6 Å². The van der Waals surface area contributed by atoms with E-state index < -0.39 is 6.03 Å². The molecule has 0 saturated carbocycles. The minimum Gasteiger partial charge on any atom is -0.396 e. The lowest BCUT2D eigenvalue weighted by atomic mass is 10.0. The molecule has 2 rings (SSSR count). The Morgan fingerprint density at radius 2 is 2.12 bits per heavy atom. The smallest absolute Gasteiger partial charge is 0.320 e. The minimum atomic E-state index is -0.434. The maximum absolute atomic E-state index is 12.3. The Bertz CT molecular complexity index is 733. The van der Waals surface area contributed by atoms with Gasteiger partial charge in [-0.2, -0.15) is 10.4 Å². The molecule has 3 N–H and O–H groups in total. The normalized spacial score (nSPS) is 11.6. The van der Waals surface area contributed by atoms with Crippen LogP contribution in [0.25, 0.3) is 0 Å². The summed E-state index contributed by atoms with van der Waals surface area (Å²) < 4.78 is 1.55. The maximum Gasteiger partial charge on any atom is 0.320 e. The fourth-order valence-corrected chi connectivity index (χ4v) is 2.43. The van der Waals surface area contributed by atoms with Crippen LogP contribution in [0.15, 0.2) is 30.3 Å². The van der Waals surface area contributed by atoms with E-state index in [1.54, 1.807) is 18.7 Å². The lowest BCUT2D eigenvalue weighted by Gasteiger charge is -2.19. The highest BCUT2D eigenvalue weighted by Crippen LogP contribution is 2.20. The Kier molecular flexibility index (Phi) is 5.93. The van der Waals surface area contributed by atoms with Gasteiger partial charge in [-0.25, -0.2) is 4.79 Å². The molecule has 0 aliphatic rings. The van der Waals surface area contributed by atoms with Crippen LogP contribution in [0.1, 0.15) is 35.7 Å². The molecule has 0 aliphatic carbocycles. The summed E-state index contributed by atoms with van der Waals surface area (Å²) in [6, 6.07) is 10.9. The number of carbonyl (C=O) groups is 1. The average molecular weight is 327 g/mol. The topological polar surface area (TPSA) is 103 Å². The van der Waals surface area contributed by atoms with Crippen molar-refractivity contribution in [3.05, 3.63) is 47.2 Å². The summed E-state index contributed by atoms with van der Waals surface area (Å²) >= 11 is 0. The number of aromatic nitrogens is 2. The Morgan fingerprint density at radius 3 is 2.75 bits per heavy atom. The van der Waals surface area contributed by atoms with Crippen molar-refractivity contribution in [2.24, 2.45) is 7.05 Å². The Morgan fingerprint density at radius 1 is 1.42 bits per heavy atom. The zero-order valence-corrected chi connectivity index (χ0v) is 13.8. The summed E-state index contributed by atoms with van der Waals surface area (Å²) in [5.41, 5.74) is 1.99. The number of nitriles is 1. The van der Waals surface area contributed by atoms with E-state index in [2.05, 4.69) is 21.8 Å². The predicted octanol–water partition coefficient (Wildman–Crippen LogP) is 2.24. The van der Waals surface area contributed by atoms with Crippen LogP contribution in [0.5, 0.6) is 0 Å². The number of nitrogens with zero attached hydrogens (tertiary/aromatic N) is 3. The van der Waals surface area contributed by atoms with Crippen molar-refractivity contribution in [2.45, 2.75) is 25.8 Å². The van der Waals surface area contributed by atoms with Gasteiger partial charge in [0, 0.05) is 13.7 Å². The van der Waals surface area contributed by atoms with Crippen LogP contribution in [0.2, 0.25) is 0 Å². The van der Waals surface area contributed by atoms with Crippen LogP contribution in [0.4, 0.5) is 10.6 Å². The second kappa shape index (κ2) is 8.13. The van der Waals surface area contributed by atoms with Crippen molar-refractivity contribution in [3.8, 4) is 6.07 Å². The fourth-order valence-electron chi connectivity index (χ4n) is 2.43. The number of hydrogen-bond donors (Lipinski definition) is 3. The Hall–Kier alpha value is -2.85. The van der Waals surface area contributed by atoms with E-state index in [-0.39, 0.29) is 18.5 Å². The monoisotopic (exact) mass is 327 g/mol. The molecule has 0 radical (unpaired) electrons. The number of amides is 2. The molecule has 0 fully saturated rings. The third-order valence-electron chi connectivity index (χ3n) is 3.84. The second-order valence-electron chi connectivity index (χ2n) is 5.47. The number of nitrogens with one attached hydrogen (secondary N) is 2. The number of urea groups is 1. The van der Waals surface area contributed by atoms with Gasteiger partial charge < -0.3 is 10.4 Å². The van der Waals surface area contributed by atoms with Gasteiger partial charge in [-0.15, -0.1) is 0 Å². The van der Waals surface area contributed by atoms with Gasteiger partial charge in [0.1, 0.15) is 11.6 Å². The van der Waals surface area contributed by atoms with E-state index in [4.69, 9.17) is 5.11 Å². The Labute approximate surface area is 140 Å². The number of aliphatic hydroxyl groups is 1. The molecule has 1 unspecified atom stereocenters. The third kappa shape index (κ3) is 4.12. The highest BCUT2D eigenvalue weighted by Gasteiger charge is 2.18. The molecule has 1 aromatic heterocycles. The largest absolute Gasteiger partial charge is 0.396 e. The van der Waals surface area contributed by atoms with Crippen LogP contribution in [-0.4, -0.2) is 27.5 Å². The van der Waals surface area contributed by atoms with E-state index in [9.17, 15) is 10.1 Å². The molecule has 1 heterocycles. The van der Waals surface area contributed by atoms with Crippen LogP contribution in [0, 0.1) is 18.3 Å². The molecular formula is C17H21N5O2. The lowest BCUT2D eigenvalue weighted by Crippen LogP contribution is -2.33. The maximum atomic E-state index is 12.3. The quantitative estimate of drug-likeness (QED) is 0.757. The van der Waals surface area contributed by atoms with Crippen LogP contribution in [-0.2, 0) is 7.05 Å². The van der Waals surface area contributed by atoms with E-state index in [1.165, 1.54) is 0 Å². The van der Waals surface area contributed by atoms with Gasteiger partial charge in [-0.1, -0.05) is 30.3 Å². The first-order valence-corrected chi connectivity index (χ1v) is 7.73. The van der Waals surface area contributed by atoms with Gasteiger partial charge in [0.05, 0.1) is 11.7 Å². The number of aliphatic hydroxyl groups excluding tert-OH is 1.